The molecule has 7 heteroatoms. The van der Waals surface area contributed by atoms with Gasteiger partial charge in [0.15, 0.2) is 0 Å². The minimum absolute atomic E-state index is 0.0937. The molecule has 0 bridgehead atoms. The van der Waals surface area contributed by atoms with E-state index in [0.29, 0.717) is 11.6 Å². The fourth-order valence-corrected chi connectivity index (χ4v) is 5.43. The van der Waals surface area contributed by atoms with E-state index in [2.05, 4.69) is 16.8 Å². The molecule has 0 aliphatic carbocycles. The summed E-state index contributed by atoms with van der Waals surface area (Å²) in [6.07, 6.45) is 4.35. The molecule has 178 valence electrons. The predicted octanol–water partition coefficient (Wildman–Crippen LogP) is 2.57. The summed E-state index contributed by atoms with van der Waals surface area (Å²) >= 11 is 0. The Morgan fingerprint density at radius 3 is 2.29 bits per heavy atom. The lowest BCUT2D eigenvalue weighted by Gasteiger charge is -2.43. The van der Waals surface area contributed by atoms with Crippen LogP contribution in [-0.2, 0) is 4.79 Å². The Labute approximate surface area is 200 Å². The molecule has 3 aromatic rings. The molecule has 0 radical (unpaired) electrons. The first-order chi connectivity index (χ1) is 16.5. The molecular formula is C27H33N5O2. The predicted molar refractivity (Wildman–Crippen MR) is 134 cm³/mol. The van der Waals surface area contributed by atoms with E-state index < -0.39 is 11.9 Å². The molecule has 1 atom stereocenters. The minimum atomic E-state index is -0.489. The van der Waals surface area contributed by atoms with Gasteiger partial charge in [0, 0.05) is 49.5 Å². The normalized spacial score (nSPS) is 19.4. The number of fused-ring (bicyclic) bond motifs is 1. The zero-order valence-electron chi connectivity index (χ0n) is 19.8. The highest BCUT2D eigenvalue weighted by molar-refractivity contribution is 5.97. The maximum atomic E-state index is 14.0. The van der Waals surface area contributed by atoms with Gasteiger partial charge in [-0.3, -0.25) is 14.5 Å². The fourth-order valence-electron chi connectivity index (χ4n) is 5.43. The number of nitrogens with two attached hydrogens (primary N) is 1. The molecule has 7 nitrogen and oxygen atoms in total. The van der Waals surface area contributed by atoms with Crippen LogP contribution in [0.15, 0.2) is 60.8 Å². The summed E-state index contributed by atoms with van der Waals surface area (Å²) in [5, 5.41) is 0.978. The van der Waals surface area contributed by atoms with Crippen LogP contribution < -0.4 is 5.73 Å². The molecule has 1 aromatic heterocycles. The highest BCUT2D eigenvalue weighted by Gasteiger charge is 2.33. The van der Waals surface area contributed by atoms with Crippen molar-refractivity contribution in [2.75, 3.05) is 46.3 Å². The van der Waals surface area contributed by atoms with Crippen LogP contribution in [0.3, 0.4) is 0 Å². The number of rotatable bonds is 5. The standard InChI is InChI=1S/C27H33N5O2/c1-29-12-10-23(11-13-29)30-15-17-31(18-16-30)27(34)25(21-5-3-2-4-6-21)32-14-9-20-7-8-22(26(28)33)19-24(20)32/h2-9,14,19,23,25H,10-13,15-18H2,1H3,(H2,28,33). The van der Waals surface area contributed by atoms with Gasteiger partial charge in [-0.05, 0) is 62.1 Å². The van der Waals surface area contributed by atoms with Crippen LogP contribution in [0, 0.1) is 0 Å². The summed E-state index contributed by atoms with van der Waals surface area (Å²) < 4.78 is 1.99. The van der Waals surface area contributed by atoms with Gasteiger partial charge < -0.3 is 20.1 Å². The van der Waals surface area contributed by atoms with Gasteiger partial charge >= 0.3 is 0 Å². The van der Waals surface area contributed by atoms with Crippen LogP contribution in [0.25, 0.3) is 10.9 Å². The smallest absolute Gasteiger partial charge is 0.250 e. The van der Waals surface area contributed by atoms with Gasteiger partial charge in [0.25, 0.3) is 0 Å². The third kappa shape index (κ3) is 4.45. The average Bonchev–Trinajstić information content (AvgIpc) is 3.28. The van der Waals surface area contributed by atoms with Crippen molar-refractivity contribution in [3.05, 3.63) is 71.9 Å². The first-order valence-electron chi connectivity index (χ1n) is 12.2. The summed E-state index contributed by atoms with van der Waals surface area (Å²) in [6, 6.07) is 17.4. The SMILES string of the molecule is CN1CCC(N2CCN(C(=O)C(c3ccccc3)n3ccc4ccc(C(N)=O)cc43)CC2)CC1. The van der Waals surface area contributed by atoms with Gasteiger partial charge in [-0.1, -0.05) is 36.4 Å². The summed E-state index contributed by atoms with van der Waals surface area (Å²) in [5.41, 5.74) is 7.76. The van der Waals surface area contributed by atoms with Crippen LogP contribution in [0.1, 0.15) is 34.8 Å². The second-order valence-electron chi connectivity index (χ2n) is 9.57. The molecule has 5 rings (SSSR count). The maximum absolute atomic E-state index is 14.0. The van der Waals surface area contributed by atoms with Crippen molar-refractivity contribution in [1.82, 2.24) is 19.3 Å². The molecule has 1 unspecified atom stereocenters. The van der Waals surface area contributed by atoms with Gasteiger partial charge in [-0.15, -0.1) is 0 Å². The fraction of sp³-hybridized carbons (Fsp3) is 0.407. The van der Waals surface area contributed by atoms with E-state index in [9.17, 15) is 9.59 Å². The van der Waals surface area contributed by atoms with Crippen LogP contribution in [0.5, 0.6) is 0 Å². The number of nitrogens with zero attached hydrogens (tertiary/aromatic N) is 4. The lowest BCUT2D eigenvalue weighted by atomic mass is 10.0. The third-order valence-electron chi connectivity index (χ3n) is 7.47. The van der Waals surface area contributed by atoms with Crippen LogP contribution in [-0.4, -0.2) is 83.4 Å². The first-order valence-corrected chi connectivity index (χ1v) is 12.2. The van der Waals surface area contributed by atoms with E-state index in [1.165, 1.54) is 12.8 Å². The Hall–Kier alpha value is -3.16. The Morgan fingerprint density at radius 1 is 0.912 bits per heavy atom. The number of amides is 2. The van der Waals surface area contributed by atoms with Crippen LogP contribution in [0.2, 0.25) is 0 Å². The van der Waals surface area contributed by atoms with E-state index in [-0.39, 0.29) is 5.91 Å². The molecule has 2 aromatic carbocycles. The van der Waals surface area contributed by atoms with Crippen molar-refractivity contribution < 1.29 is 9.59 Å². The third-order valence-corrected chi connectivity index (χ3v) is 7.47. The van der Waals surface area contributed by atoms with Gasteiger partial charge in [-0.25, -0.2) is 0 Å². The number of aromatic nitrogens is 1. The van der Waals surface area contributed by atoms with Gasteiger partial charge in [-0.2, -0.15) is 0 Å². The van der Waals surface area contributed by atoms with Crippen LogP contribution in [0.4, 0.5) is 0 Å². The number of carbonyl (C=O) groups excluding carboxylic acids is 2. The average molecular weight is 460 g/mol. The molecule has 3 heterocycles. The minimum Gasteiger partial charge on any atom is -0.366 e. The monoisotopic (exact) mass is 459 g/mol. The van der Waals surface area contributed by atoms with E-state index in [4.69, 9.17) is 5.73 Å². The second-order valence-corrected chi connectivity index (χ2v) is 9.57. The molecule has 34 heavy (non-hydrogen) atoms. The topological polar surface area (TPSA) is 74.8 Å². The lowest BCUT2D eigenvalue weighted by Crippen LogP contribution is -2.55. The van der Waals surface area contributed by atoms with Crippen molar-refractivity contribution in [3.63, 3.8) is 0 Å². The molecule has 0 saturated carbocycles. The number of piperidine rings is 1. The van der Waals surface area contributed by atoms with Crippen molar-refractivity contribution in [2.45, 2.75) is 24.9 Å². The number of benzene rings is 2. The van der Waals surface area contributed by atoms with E-state index in [1.54, 1.807) is 12.1 Å². The molecular weight excluding hydrogens is 426 g/mol. The lowest BCUT2D eigenvalue weighted by molar-refractivity contribution is -0.135. The van der Waals surface area contributed by atoms with Gasteiger partial charge in [0.05, 0.1) is 0 Å². The molecule has 2 N–H and O–H groups in total. The Morgan fingerprint density at radius 2 is 1.62 bits per heavy atom. The number of likely N-dealkylation sites (tertiary alicyclic amines) is 1. The van der Waals surface area contributed by atoms with Crippen LogP contribution >= 0.6 is 0 Å². The molecule has 0 spiro atoms. The number of piperazine rings is 1. The second kappa shape index (κ2) is 9.60. The highest BCUT2D eigenvalue weighted by Crippen LogP contribution is 2.29. The number of hydrogen-bond acceptors (Lipinski definition) is 4. The van der Waals surface area contributed by atoms with Crippen molar-refractivity contribution in [2.24, 2.45) is 5.73 Å². The van der Waals surface area contributed by atoms with E-state index in [1.807, 2.05) is 58.1 Å². The highest BCUT2D eigenvalue weighted by atomic mass is 16.2. The molecule has 2 aliphatic rings. The quantitative estimate of drug-likeness (QED) is 0.636. The first kappa shape index (κ1) is 22.6. The zero-order chi connectivity index (χ0) is 23.7. The summed E-state index contributed by atoms with van der Waals surface area (Å²) in [7, 11) is 2.19. The maximum Gasteiger partial charge on any atom is 0.250 e. The number of carbonyl (C=O) groups is 2. The summed E-state index contributed by atoms with van der Waals surface area (Å²) in [4.78, 5) is 32.8. The van der Waals surface area contributed by atoms with Gasteiger partial charge in [0.2, 0.25) is 11.8 Å². The van der Waals surface area contributed by atoms with Crippen molar-refractivity contribution in [3.8, 4) is 0 Å². The number of primary amides is 1. The summed E-state index contributed by atoms with van der Waals surface area (Å²) in [6.45, 7) is 5.60. The van der Waals surface area contributed by atoms with E-state index >= 15 is 0 Å². The largest absolute Gasteiger partial charge is 0.366 e. The number of hydrogen-bond donors (Lipinski definition) is 1. The molecule has 2 amide bonds. The van der Waals surface area contributed by atoms with E-state index in [0.717, 1.165) is 55.7 Å². The molecule has 2 fully saturated rings. The Kier molecular flexibility index (Phi) is 6.39. The Balaban J connectivity index is 1.41. The van der Waals surface area contributed by atoms with Crippen molar-refractivity contribution >= 4 is 22.7 Å². The Bertz CT molecular complexity index is 1160. The zero-order valence-corrected chi connectivity index (χ0v) is 19.8. The molecule has 2 aliphatic heterocycles. The molecule has 2 saturated heterocycles. The summed E-state index contributed by atoms with van der Waals surface area (Å²) in [5.74, 6) is -0.376. The van der Waals surface area contributed by atoms with Crippen molar-refractivity contribution in [1.29, 1.82) is 0 Å². The van der Waals surface area contributed by atoms with Gasteiger partial charge in [0.1, 0.15) is 6.04 Å².